The molecule has 8 nitrogen and oxygen atoms in total. The van der Waals surface area contributed by atoms with E-state index in [1.165, 1.54) is 36.4 Å². The van der Waals surface area contributed by atoms with E-state index in [0.29, 0.717) is 6.54 Å². The summed E-state index contributed by atoms with van der Waals surface area (Å²) in [7, 11) is -7.28. The first-order chi connectivity index (χ1) is 11.1. The van der Waals surface area contributed by atoms with Crippen molar-refractivity contribution in [3.63, 3.8) is 0 Å². The average Bonchev–Trinajstić information content (AvgIpc) is 2.54. The molecule has 0 spiro atoms. The number of nitrogens with two attached hydrogens (primary N) is 3. The second-order valence-electron chi connectivity index (χ2n) is 4.58. The Morgan fingerprint density at radius 1 is 0.875 bits per heavy atom. The molecule has 0 aliphatic rings. The van der Waals surface area contributed by atoms with E-state index in [1.807, 2.05) is 6.07 Å². The van der Waals surface area contributed by atoms with Crippen LogP contribution in [0.1, 0.15) is 11.1 Å². The lowest BCUT2D eigenvalue weighted by molar-refractivity contribution is 0.596. The summed E-state index contributed by atoms with van der Waals surface area (Å²) in [5.41, 5.74) is 6.36. The van der Waals surface area contributed by atoms with E-state index >= 15 is 0 Å². The Morgan fingerprint density at radius 3 is 1.83 bits per heavy atom. The van der Waals surface area contributed by atoms with Crippen LogP contribution >= 0.6 is 0 Å². The molecule has 0 aliphatic carbocycles. The van der Waals surface area contributed by atoms with E-state index in [0.717, 1.165) is 5.56 Å². The van der Waals surface area contributed by atoms with Crippen LogP contribution < -0.4 is 16.0 Å². The van der Waals surface area contributed by atoms with Crippen LogP contribution in [0.15, 0.2) is 58.3 Å². The third-order valence-corrected chi connectivity index (χ3v) is 4.58. The SMILES string of the molecule is N#Cc1cccc(S(N)(=O)=O)c1.NCc1cccc(S(N)(=O)=O)c1. The number of rotatable bonds is 3. The highest BCUT2D eigenvalue weighted by Crippen LogP contribution is 2.09. The zero-order valence-corrected chi connectivity index (χ0v) is 14.1. The molecule has 0 heterocycles. The van der Waals surface area contributed by atoms with Crippen molar-refractivity contribution in [3.05, 3.63) is 59.7 Å². The fourth-order valence-corrected chi connectivity index (χ4v) is 2.74. The summed E-state index contributed by atoms with van der Waals surface area (Å²) >= 11 is 0. The van der Waals surface area contributed by atoms with E-state index < -0.39 is 20.0 Å². The highest BCUT2D eigenvalue weighted by Gasteiger charge is 2.07. The maximum atomic E-state index is 10.8. The van der Waals surface area contributed by atoms with Gasteiger partial charge in [-0.25, -0.2) is 27.1 Å². The molecule has 2 rings (SSSR count). The minimum absolute atomic E-state index is 0.0402. The Kier molecular flexibility index (Phi) is 6.59. The van der Waals surface area contributed by atoms with Crippen LogP contribution in [0.5, 0.6) is 0 Å². The highest BCUT2D eigenvalue weighted by atomic mass is 32.2. The molecule has 128 valence electrons. The van der Waals surface area contributed by atoms with Crippen LogP contribution in [0.4, 0.5) is 0 Å². The fourth-order valence-electron chi connectivity index (χ4n) is 1.59. The molecule has 0 bridgehead atoms. The molecule has 2 aromatic rings. The third kappa shape index (κ3) is 6.07. The van der Waals surface area contributed by atoms with E-state index in [4.69, 9.17) is 21.3 Å². The molecular weight excluding hydrogens is 352 g/mol. The summed E-state index contributed by atoms with van der Waals surface area (Å²) in [5, 5.41) is 18.2. The maximum absolute atomic E-state index is 10.8. The summed E-state index contributed by atoms with van der Waals surface area (Å²) in [6.45, 7) is 0.309. The smallest absolute Gasteiger partial charge is 0.238 e. The lowest BCUT2D eigenvalue weighted by Crippen LogP contribution is -2.12. The lowest BCUT2D eigenvalue weighted by Gasteiger charge is -1.99. The largest absolute Gasteiger partial charge is 0.326 e. The van der Waals surface area contributed by atoms with E-state index in [1.54, 1.807) is 12.1 Å². The predicted octanol–water partition coefficient (Wildman–Crippen LogP) is -0.00162. The van der Waals surface area contributed by atoms with Crippen molar-refractivity contribution in [2.24, 2.45) is 16.0 Å². The van der Waals surface area contributed by atoms with Gasteiger partial charge in [0, 0.05) is 6.54 Å². The van der Waals surface area contributed by atoms with Gasteiger partial charge in [0.05, 0.1) is 21.4 Å². The van der Waals surface area contributed by atoms with Gasteiger partial charge in [-0.05, 0) is 35.9 Å². The van der Waals surface area contributed by atoms with Crippen molar-refractivity contribution in [1.82, 2.24) is 0 Å². The lowest BCUT2D eigenvalue weighted by atomic mass is 10.2. The van der Waals surface area contributed by atoms with Gasteiger partial charge in [0.25, 0.3) is 0 Å². The van der Waals surface area contributed by atoms with E-state index in [9.17, 15) is 16.8 Å². The summed E-state index contributed by atoms with van der Waals surface area (Å²) in [4.78, 5) is 0.0620. The van der Waals surface area contributed by atoms with Crippen LogP contribution in [0, 0.1) is 11.3 Å². The number of nitriles is 1. The quantitative estimate of drug-likeness (QED) is 0.688. The maximum Gasteiger partial charge on any atom is 0.238 e. The van der Waals surface area contributed by atoms with Gasteiger partial charge in [-0.15, -0.1) is 0 Å². The number of hydrogen-bond acceptors (Lipinski definition) is 6. The van der Waals surface area contributed by atoms with Crippen LogP contribution in [0.25, 0.3) is 0 Å². The first-order valence-electron chi connectivity index (χ1n) is 6.42. The number of nitrogens with zero attached hydrogens (tertiary/aromatic N) is 1. The van der Waals surface area contributed by atoms with Crippen molar-refractivity contribution < 1.29 is 16.8 Å². The highest BCUT2D eigenvalue weighted by molar-refractivity contribution is 7.89. The molecule has 0 aromatic heterocycles. The molecule has 0 saturated heterocycles. The Hall–Kier alpha value is -2.29. The van der Waals surface area contributed by atoms with Gasteiger partial charge >= 0.3 is 0 Å². The molecule has 0 radical (unpaired) electrons. The first kappa shape index (κ1) is 19.8. The Morgan fingerprint density at radius 2 is 1.38 bits per heavy atom. The summed E-state index contributed by atoms with van der Waals surface area (Å²) in [6, 6.07) is 13.6. The molecule has 0 amide bonds. The van der Waals surface area contributed by atoms with Gasteiger partial charge in [0.1, 0.15) is 0 Å². The molecule has 6 N–H and O–H groups in total. The van der Waals surface area contributed by atoms with Crippen LogP contribution in [0.3, 0.4) is 0 Å². The fraction of sp³-hybridized carbons (Fsp3) is 0.0714. The summed E-state index contributed by atoms with van der Waals surface area (Å²) < 4.78 is 43.2. The average molecular weight is 368 g/mol. The zero-order chi connectivity index (χ0) is 18.4. The monoisotopic (exact) mass is 368 g/mol. The summed E-state index contributed by atoms with van der Waals surface area (Å²) in [5.74, 6) is 0. The summed E-state index contributed by atoms with van der Waals surface area (Å²) in [6.07, 6.45) is 0. The van der Waals surface area contributed by atoms with E-state index in [-0.39, 0.29) is 15.4 Å². The normalized spacial score (nSPS) is 11.1. The predicted molar refractivity (Wildman–Crippen MR) is 88.2 cm³/mol. The van der Waals surface area contributed by atoms with Crippen molar-refractivity contribution >= 4 is 20.0 Å². The molecule has 0 saturated carbocycles. The molecule has 0 fully saturated rings. The molecular formula is C14H16N4O4S2. The van der Waals surface area contributed by atoms with Gasteiger partial charge in [0.15, 0.2) is 0 Å². The Bertz CT molecular complexity index is 964. The van der Waals surface area contributed by atoms with Gasteiger partial charge in [-0.1, -0.05) is 18.2 Å². The van der Waals surface area contributed by atoms with Gasteiger partial charge in [-0.3, -0.25) is 0 Å². The van der Waals surface area contributed by atoms with E-state index in [2.05, 4.69) is 0 Å². The first-order valence-corrected chi connectivity index (χ1v) is 9.52. The number of primary sulfonamides is 2. The van der Waals surface area contributed by atoms with Gasteiger partial charge < -0.3 is 5.73 Å². The minimum Gasteiger partial charge on any atom is -0.326 e. The number of benzene rings is 2. The molecule has 0 unspecified atom stereocenters. The van der Waals surface area contributed by atoms with Crippen molar-refractivity contribution in [1.29, 1.82) is 5.26 Å². The number of hydrogen-bond donors (Lipinski definition) is 3. The molecule has 2 aromatic carbocycles. The van der Waals surface area contributed by atoms with Crippen molar-refractivity contribution in [2.45, 2.75) is 16.3 Å². The Labute approximate surface area is 140 Å². The van der Waals surface area contributed by atoms with Crippen LogP contribution in [0.2, 0.25) is 0 Å². The molecule has 0 atom stereocenters. The topological polar surface area (TPSA) is 170 Å². The minimum atomic E-state index is -3.69. The standard InChI is InChI=1S/C7H10N2O2S.C7H6N2O2S/c2*8-5-6-2-1-3-7(4-6)12(9,10)11/h1-4H,5,8H2,(H2,9,10,11);1-4H,(H2,9,10,11). The van der Waals surface area contributed by atoms with Crippen molar-refractivity contribution in [3.8, 4) is 6.07 Å². The molecule has 24 heavy (non-hydrogen) atoms. The zero-order valence-electron chi connectivity index (χ0n) is 12.5. The van der Waals surface area contributed by atoms with Crippen LogP contribution in [-0.2, 0) is 26.6 Å². The van der Waals surface area contributed by atoms with Gasteiger partial charge in [0.2, 0.25) is 20.0 Å². The third-order valence-electron chi connectivity index (χ3n) is 2.75. The second-order valence-corrected chi connectivity index (χ2v) is 7.70. The van der Waals surface area contributed by atoms with Gasteiger partial charge in [-0.2, -0.15) is 5.26 Å². The second kappa shape index (κ2) is 8.00. The molecule has 10 heteroatoms. The Balaban J connectivity index is 0.000000240. The van der Waals surface area contributed by atoms with Crippen molar-refractivity contribution in [2.75, 3.05) is 0 Å². The molecule has 0 aliphatic heterocycles. The number of sulfonamides is 2. The van der Waals surface area contributed by atoms with Crippen LogP contribution in [-0.4, -0.2) is 16.8 Å².